The Kier molecular flexibility index (Phi) is 10.7. The number of aliphatic hydroxyl groups excluding tert-OH is 1. The van der Waals surface area contributed by atoms with Gasteiger partial charge in [-0.25, -0.2) is 4.79 Å². The number of hydrogen-bond donors (Lipinski definition) is 3. The fraction of sp³-hybridized carbons (Fsp3) is 0.364. The highest BCUT2D eigenvalue weighted by molar-refractivity contribution is 9.10. The van der Waals surface area contributed by atoms with E-state index in [4.69, 9.17) is 19.3 Å². The third kappa shape index (κ3) is 8.80. The summed E-state index contributed by atoms with van der Waals surface area (Å²) in [7, 11) is 0. The fourth-order valence-electron chi connectivity index (χ4n) is 2.78. The summed E-state index contributed by atoms with van der Waals surface area (Å²) in [6.07, 6.45) is -0.664. The number of nitrogens with one attached hydrogen (secondary N) is 1. The zero-order chi connectivity index (χ0) is 22.6. The molecule has 0 spiro atoms. The molecule has 0 unspecified atom stereocenters. The van der Waals surface area contributed by atoms with E-state index in [0.29, 0.717) is 17.9 Å². The number of thiol groups is 1. The maximum atomic E-state index is 12.5. The molecule has 2 aromatic rings. The van der Waals surface area contributed by atoms with Crippen LogP contribution in [0.15, 0.2) is 53.0 Å². The van der Waals surface area contributed by atoms with Crippen LogP contribution in [0.2, 0.25) is 0 Å². The molecule has 9 heteroatoms. The van der Waals surface area contributed by atoms with Gasteiger partial charge in [-0.15, -0.1) is 0 Å². The molecule has 0 heterocycles. The predicted molar refractivity (Wildman–Crippen MR) is 125 cm³/mol. The molecule has 2 N–H and O–H groups in total. The summed E-state index contributed by atoms with van der Waals surface area (Å²) in [5.41, 5.74) is 1.38. The molecule has 2 rings (SSSR count). The van der Waals surface area contributed by atoms with Crippen LogP contribution < -0.4 is 10.1 Å². The molecule has 2 atom stereocenters. The van der Waals surface area contributed by atoms with Crippen molar-refractivity contribution in [2.45, 2.75) is 19.4 Å². The number of esters is 1. The lowest BCUT2D eigenvalue weighted by Gasteiger charge is -2.25. The molecule has 0 fully saturated rings. The van der Waals surface area contributed by atoms with E-state index >= 15 is 0 Å². The number of hydrogen-bond acceptors (Lipinski definition) is 7. The average molecular weight is 512 g/mol. The highest BCUT2D eigenvalue weighted by Gasteiger charge is 2.24. The predicted octanol–water partition coefficient (Wildman–Crippen LogP) is 4.61. The summed E-state index contributed by atoms with van der Waals surface area (Å²) < 4.78 is 17.1. The third-order valence-corrected chi connectivity index (χ3v) is 5.16. The van der Waals surface area contributed by atoms with E-state index in [-0.39, 0.29) is 31.5 Å². The minimum atomic E-state index is -0.591. The Hall–Kier alpha value is -2.23. The standard InChI is InChI=1S/C22H26BrNO6S/c1-15(10-12-29-20(26)14-31)21(16-2-8-19(9-3-16)28-13-11-25)30-22(27)24-18-6-4-17(23)5-7-18/h2-9,15,21,25,31H,10-14H2,1H3,(H,24,27)/t15-,21+/m1/s1. The van der Waals surface area contributed by atoms with Gasteiger partial charge in [-0.05, 0) is 48.4 Å². The number of ether oxygens (including phenoxy) is 3. The first-order valence-electron chi connectivity index (χ1n) is 9.76. The van der Waals surface area contributed by atoms with Crippen molar-refractivity contribution < 1.29 is 28.9 Å². The molecule has 0 saturated carbocycles. The van der Waals surface area contributed by atoms with Crippen molar-refractivity contribution in [2.75, 3.05) is 30.9 Å². The van der Waals surface area contributed by atoms with E-state index in [2.05, 4.69) is 33.9 Å². The summed E-state index contributed by atoms with van der Waals surface area (Å²) in [4.78, 5) is 23.9. The van der Waals surface area contributed by atoms with Gasteiger partial charge in [-0.2, -0.15) is 12.6 Å². The van der Waals surface area contributed by atoms with Gasteiger partial charge in [0.25, 0.3) is 0 Å². The van der Waals surface area contributed by atoms with Crippen LogP contribution in [0.1, 0.15) is 25.0 Å². The molecule has 0 radical (unpaired) electrons. The van der Waals surface area contributed by atoms with E-state index in [1.165, 1.54) is 0 Å². The minimum Gasteiger partial charge on any atom is -0.491 e. The van der Waals surface area contributed by atoms with Crippen molar-refractivity contribution in [1.29, 1.82) is 0 Å². The first kappa shape index (κ1) is 25.0. The van der Waals surface area contributed by atoms with Crippen molar-refractivity contribution in [3.63, 3.8) is 0 Å². The number of halogens is 1. The van der Waals surface area contributed by atoms with Crippen LogP contribution in [-0.2, 0) is 14.3 Å². The Bertz CT molecular complexity index is 831. The first-order chi connectivity index (χ1) is 14.9. The quantitative estimate of drug-likeness (QED) is 0.301. The summed E-state index contributed by atoms with van der Waals surface area (Å²) in [5, 5.41) is 11.6. The number of carbonyl (C=O) groups is 2. The summed E-state index contributed by atoms with van der Waals surface area (Å²) >= 11 is 7.24. The van der Waals surface area contributed by atoms with Crippen LogP contribution in [0, 0.1) is 5.92 Å². The molecule has 0 aliphatic carbocycles. The summed E-state index contributed by atoms with van der Waals surface area (Å²) in [6, 6.07) is 14.3. The number of benzene rings is 2. The van der Waals surface area contributed by atoms with Crippen LogP contribution in [0.5, 0.6) is 5.75 Å². The number of anilines is 1. The molecule has 2 aromatic carbocycles. The molecule has 0 aliphatic heterocycles. The second-order valence-corrected chi connectivity index (χ2v) is 7.98. The Balaban J connectivity index is 2.09. The van der Waals surface area contributed by atoms with Gasteiger partial charge >= 0.3 is 12.1 Å². The molecule has 31 heavy (non-hydrogen) atoms. The Labute approximate surface area is 195 Å². The SMILES string of the molecule is C[C@H](CCOC(=O)CS)[C@H](OC(=O)Nc1ccc(Br)cc1)c1ccc(OCCO)cc1. The molecule has 7 nitrogen and oxygen atoms in total. The third-order valence-electron chi connectivity index (χ3n) is 4.38. The van der Waals surface area contributed by atoms with E-state index in [0.717, 1.165) is 10.0 Å². The molecular weight excluding hydrogens is 486 g/mol. The number of amides is 1. The second-order valence-electron chi connectivity index (χ2n) is 6.74. The number of aliphatic hydroxyl groups is 1. The Morgan fingerprint density at radius 2 is 1.77 bits per heavy atom. The van der Waals surface area contributed by atoms with Gasteiger partial charge in [0.05, 0.1) is 19.0 Å². The first-order valence-corrected chi connectivity index (χ1v) is 11.2. The van der Waals surface area contributed by atoms with Crippen molar-refractivity contribution in [2.24, 2.45) is 5.92 Å². The lowest BCUT2D eigenvalue weighted by atomic mass is 9.94. The van der Waals surface area contributed by atoms with Gasteiger partial charge in [0, 0.05) is 16.1 Å². The lowest BCUT2D eigenvalue weighted by molar-refractivity contribution is -0.141. The van der Waals surface area contributed by atoms with Crippen molar-refractivity contribution in [3.05, 3.63) is 58.6 Å². The maximum absolute atomic E-state index is 12.5. The van der Waals surface area contributed by atoms with Crippen LogP contribution in [0.4, 0.5) is 10.5 Å². The highest BCUT2D eigenvalue weighted by atomic mass is 79.9. The van der Waals surface area contributed by atoms with Gasteiger partial charge in [0.2, 0.25) is 0 Å². The fourth-order valence-corrected chi connectivity index (χ4v) is 3.14. The van der Waals surface area contributed by atoms with E-state index in [9.17, 15) is 9.59 Å². The summed E-state index contributed by atoms with van der Waals surface area (Å²) in [6.45, 7) is 2.24. The topological polar surface area (TPSA) is 94.1 Å². The number of carbonyl (C=O) groups excluding carboxylic acids is 2. The zero-order valence-corrected chi connectivity index (χ0v) is 19.6. The zero-order valence-electron chi connectivity index (χ0n) is 17.1. The van der Waals surface area contributed by atoms with E-state index in [1.807, 2.05) is 19.1 Å². The molecule has 1 amide bonds. The smallest absolute Gasteiger partial charge is 0.412 e. The van der Waals surface area contributed by atoms with Gasteiger partial charge in [-0.3, -0.25) is 10.1 Å². The molecule has 0 aromatic heterocycles. The minimum absolute atomic E-state index is 0.0131. The van der Waals surface area contributed by atoms with Gasteiger partial charge in [-0.1, -0.05) is 35.0 Å². The average Bonchev–Trinajstić information content (AvgIpc) is 2.77. The second kappa shape index (κ2) is 13.2. The van der Waals surface area contributed by atoms with Crippen LogP contribution in [-0.4, -0.2) is 42.7 Å². The largest absolute Gasteiger partial charge is 0.491 e. The van der Waals surface area contributed by atoms with Gasteiger partial charge < -0.3 is 19.3 Å². The van der Waals surface area contributed by atoms with Crippen molar-refractivity contribution in [1.82, 2.24) is 0 Å². The Morgan fingerprint density at radius 3 is 2.39 bits per heavy atom. The lowest BCUT2D eigenvalue weighted by Crippen LogP contribution is -2.23. The highest BCUT2D eigenvalue weighted by Crippen LogP contribution is 2.30. The van der Waals surface area contributed by atoms with Gasteiger partial charge in [0.1, 0.15) is 18.5 Å². The van der Waals surface area contributed by atoms with Crippen molar-refractivity contribution >= 4 is 46.3 Å². The van der Waals surface area contributed by atoms with E-state index in [1.54, 1.807) is 36.4 Å². The van der Waals surface area contributed by atoms with Gasteiger partial charge in [0.15, 0.2) is 0 Å². The monoisotopic (exact) mass is 511 g/mol. The van der Waals surface area contributed by atoms with Crippen molar-refractivity contribution in [3.8, 4) is 5.75 Å². The van der Waals surface area contributed by atoms with E-state index < -0.39 is 18.2 Å². The Morgan fingerprint density at radius 1 is 1.10 bits per heavy atom. The normalized spacial score (nSPS) is 12.5. The molecule has 0 aliphatic rings. The van der Waals surface area contributed by atoms with Crippen LogP contribution in [0.3, 0.4) is 0 Å². The summed E-state index contributed by atoms with van der Waals surface area (Å²) in [5.74, 6) is 0.0874. The molecule has 168 valence electrons. The maximum Gasteiger partial charge on any atom is 0.412 e. The molecule has 0 bridgehead atoms. The van der Waals surface area contributed by atoms with Crippen LogP contribution in [0.25, 0.3) is 0 Å². The molecular formula is C22H26BrNO6S. The van der Waals surface area contributed by atoms with Crippen LogP contribution >= 0.6 is 28.6 Å². The number of rotatable bonds is 11. The molecule has 0 saturated heterocycles.